The van der Waals surface area contributed by atoms with E-state index < -0.39 is 0 Å². The Morgan fingerprint density at radius 2 is 1.85 bits per heavy atom. The highest BCUT2D eigenvalue weighted by atomic mass is 35.5. The normalized spacial score (nSPS) is 12.2. The van der Waals surface area contributed by atoms with Crippen molar-refractivity contribution < 1.29 is 4.74 Å². The first-order valence-corrected chi connectivity index (χ1v) is 9.87. The van der Waals surface area contributed by atoms with Gasteiger partial charge in [0.15, 0.2) is 17.1 Å². The standard InChI is InChI=1S/C19H19Cl2N3OS/c1-12-4-9-16(21)17(10-12)25-13(2)18-22-23-19(24(18)3)26-11-14-5-7-15(20)8-6-14/h4-10,13H,11H2,1-3H3. The molecule has 0 aliphatic heterocycles. The average molecular weight is 408 g/mol. The fraction of sp³-hybridized carbons (Fsp3) is 0.263. The van der Waals surface area contributed by atoms with Gasteiger partial charge in [0.2, 0.25) is 0 Å². The van der Waals surface area contributed by atoms with E-state index in [0.29, 0.717) is 10.8 Å². The second-order valence-electron chi connectivity index (χ2n) is 6.01. The maximum absolute atomic E-state index is 6.22. The molecule has 1 unspecified atom stereocenters. The largest absolute Gasteiger partial charge is 0.481 e. The van der Waals surface area contributed by atoms with Crippen LogP contribution in [0.1, 0.15) is 30.0 Å². The molecular weight excluding hydrogens is 389 g/mol. The number of aromatic nitrogens is 3. The zero-order valence-electron chi connectivity index (χ0n) is 14.7. The van der Waals surface area contributed by atoms with E-state index in [9.17, 15) is 0 Å². The van der Waals surface area contributed by atoms with Crippen LogP contribution >= 0.6 is 35.0 Å². The van der Waals surface area contributed by atoms with Crippen LogP contribution in [0.4, 0.5) is 0 Å². The minimum atomic E-state index is -0.267. The Labute approximate surface area is 167 Å². The summed E-state index contributed by atoms with van der Waals surface area (Å²) in [7, 11) is 1.94. The second kappa shape index (κ2) is 8.33. The topological polar surface area (TPSA) is 39.9 Å². The van der Waals surface area contributed by atoms with Crippen LogP contribution in [-0.4, -0.2) is 14.8 Å². The highest BCUT2D eigenvalue weighted by Crippen LogP contribution is 2.30. The van der Waals surface area contributed by atoms with Crippen molar-refractivity contribution in [1.82, 2.24) is 14.8 Å². The molecule has 3 rings (SSSR count). The van der Waals surface area contributed by atoms with Crippen molar-refractivity contribution in [2.75, 3.05) is 0 Å². The summed E-state index contributed by atoms with van der Waals surface area (Å²) in [4.78, 5) is 0. The quantitative estimate of drug-likeness (QED) is 0.479. The van der Waals surface area contributed by atoms with Crippen molar-refractivity contribution in [1.29, 1.82) is 0 Å². The van der Waals surface area contributed by atoms with Gasteiger partial charge in [0.05, 0.1) is 5.02 Å². The predicted octanol–water partition coefficient (Wildman–Crippen LogP) is 5.86. The van der Waals surface area contributed by atoms with E-state index in [1.807, 2.05) is 67.9 Å². The van der Waals surface area contributed by atoms with E-state index >= 15 is 0 Å². The number of benzene rings is 2. The maximum Gasteiger partial charge on any atom is 0.191 e. The van der Waals surface area contributed by atoms with Gasteiger partial charge in [-0.2, -0.15) is 0 Å². The fourth-order valence-corrected chi connectivity index (χ4v) is 3.64. The lowest BCUT2D eigenvalue weighted by atomic mass is 10.2. The van der Waals surface area contributed by atoms with Gasteiger partial charge in [0.1, 0.15) is 5.75 Å². The van der Waals surface area contributed by atoms with E-state index in [1.54, 1.807) is 11.8 Å². The van der Waals surface area contributed by atoms with Crippen molar-refractivity contribution in [2.24, 2.45) is 7.05 Å². The Kier molecular flexibility index (Phi) is 6.12. The van der Waals surface area contributed by atoms with Crippen LogP contribution in [0.25, 0.3) is 0 Å². The number of ether oxygens (including phenoxy) is 1. The minimum absolute atomic E-state index is 0.267. The lowest BCUT2D eigenvalue weighted by Crippen LogP contribution is -2.10. The number of rotatable bonds is 6. The third-order valence-electron chi connectivity index (χ3n) is 3.90. The van der Waals surface area contributed by atoms with Gasteiger partial charge in [0.25, 0.3) is 0 Å². The van der Waals surface area contributed by atoms with Gasteiger partial charge < -0.3 is 9.30 Å². The number of thioether (sulfide) groups is 1. The Morgan fingerprint density at radius 3 is 2.58 bits per heavy atom. The van der Waals surface area contributed by atoms with Crippen LogP contribution in [0.3, 0.4) is 0 Å². The molecule has 0 spiro atoms. The third kappa shape index (κ3) is 4.53. The van der Waals surface area contributed by atoms with Crippen molar-refractivity contribution in [2.45, 2.75) is 30.9 Å². The van der Waals surface area contributed by atoms with Crippen molar-refractivity contribution in [3.05, 3.63) is 69.5 Å². The predicted molar refractivity (Wildman–Crippen MR) is 107 cm³/mol. The van der Waals surface area contributed by atoms with Crippen LogP contribution < -0.4 is 4.74 Å². The lowest BCUT2D eigenvalue weighted by molar-refractivity contribution is 0.211. The summed E-state index contributed by atoms with van der Waals surface area (Å²) in [5, 5.41) is 10.7. The first-order chi connectivity index (χ1) is 12.4. The fourth-order valence-electron chi connectivity index (χ4n) is 2.48. The first-order valence-electron chi connectivity index (χ1n) is 8.13. The van der Waals surface area contributed by atoms with Crippen LogP contribution in [0.5, 0.6) is 5.75 Å². The van der Waals surface area contributed by atoms with E-state index in [4.69, 9.17) is 27.9 Å². The van der Waals surface area contributed by atoms with Crippen LogP contribution in [-0.2, 0) is 12.8 Å². The smallest absolute Gasteiger partial charge is 0.191 e. The van der Waals surface area contributed by atoms with Gasteiger partial charge in [-0.3, -0.25) is 0 Å². The summed E-state index contributed by atoms with van der Waals surface area (Å²) in [6.07, 6.45) is -0.267. The zero-order chi connectivity index (χ0) is 18.7. The van der Waals surface area contributed by atoms with Crippen molar-refractivity contribution >= 4 is 35.0 Å². The molecule has 0 radical (unpaired) electrons. The molecule has 26 heavy (non-hydrogen) atoms. The van der Waals surface area contributed by atoms with E-state index in [1.165, 1.54) is 5.56 Å². The molecular formula is C19H19Cl2N3OS. The molecule has 4 nitrogen and oxygen atoms in total. The summed E-state index contributed by atoms with van der Waals surface area (Å²) in [5.74, 6) is 2.20. The summed E-state index contributed by atoms with van der Waals surface area (Å²) >= 11 is 13.8. The van der Waals surface area contributed by atoms with Gasteiger partial charge in [0, 0.05) is 17.8 Å². The van der Waals surface area contributed by atoms with Gasteiger partial charge in [-0.05, 0) is 49.2 Å². The molecule has 0 fully saturated rings. The Morgan fingerprint density at radius 1 is 1.12 bits per heavy atom. The molecule has 136 valence electrons. The van der Waals surface area contributed by atoms with E-state index in [0.717, 1.165) is 27.3 Å². The number of halogens is 2. The van der Waals surface area contributed by atoms with E-state index in [-0.39, 0.29) is 6.10 Å². The van der Waals surface area contributed by atoms with Crippen LogP contribution in [0, 0.1) is 6.92 Å². The Hall–Kier alpha value is -1.69. The molecule has 0 saturated heterocycles. The third-order valence-corrected chi connectivity index (χ3v) is 5.56. The molecule has 0 aliphatic carbocycles. The number of aryl methyl sites for hydroxylation is 1. The Bertz CT molecular complexity index is 896. The van der Waals surface area contributed by atoms with Crippen molar-refractivity contribution in [3.63, 3.8) is 0 Å². The highest BCUT2D eigenvalue weighted by molar-refractivity contribution is 7.98. The summed E-state index contributed by atoms with van der Waals surface area (Å²) in [6.45, 7) is 3.94. The van der Waals surface area contributed by atoms with Crippen LogP contribution in [0.2, 0.25) is 10.0 Å². The molecule has 7 heteroatoms. The average Bonchev–Trinajstić information content (AvgIpc) is 2.98. The minimum Gasteiger partial charge on any atom is -0.481 e. The monoisotopic (exact) mass is 407 g/mol. The molecule has 1 aromatic heterocycles. The SMILES string of the molecule is Cc1ccc(Cl)c(OC(C)c2nnc(SCc3ccc(Cl)cc3)n2C)c1. The number of hydrogen-bond acceptors (Lipinski definition) is 4. The molecule has 0 amide bonds. The zero-order valence-corrected chi connectivity index (χ0v) is 17.1. The van der Waals surface area contributed by atoms with Gasteiger partial charge in [-0.1, -0.05) is 53.2 Å². The summed E-state index contributed by atoms with van der Waals surface area (Å²) in [5.41, 5.74) is 2.27. The maximum atomic E-state index is 6.22. The van der Waals surface area contributed by atoms with Gasteiger partial charge in [-0.25, -0.2) is 0 Å². The molecule has 3 aromatic rings. The second-order valence-corrected chi connectivity index (χ2v) is 7.80. The molecule has 2 aromatic carbocycles. The van der Waals surface area contributed by atoms with Gasteiger partial charge >= 0.3 is 0 Å². The lowest BCUT2D eigenvalue weighted by Gasteiger charge is -2.15. The number of nitrogens with zero attached hydrogens (tertiary/aromatic N) is 3. The molecule has 0 aliphatic rings. The van der Waals surface area contributed by atoms with E-state index in [2.05, 4.69) is 10.2 Å². The van der Waals surface area contributed by atoms with Gasteiger partial charge in [-0.15, -0.1) is 10.2 Å². The molecule has 0 N–H and O–H groups in total. The van der Waals surface area contributed by atoms with Crippen LogP contribution in [0.15, 0.2) is 47.6 Å². The summed E-state index contributed by atoms with van der Waals surface area (Å²) in [6, 6.07) is 13.5. The molecule has 1 heterocycles. The molecule has 0 bridgehead atoms. The Balaban J connectivity index is 1.69. The van der Waals surface area contributed by atoms with Crippen molar-refractivity contribution in [3.8, 4) is 5.75 Å². The highest BCUT2D eigenvalue weighted by Gasteiger charge is 2.18. The summed E-state index contributed by atoms with van der Waals surface area (Å²) < 4.78 is 7.96. The molecule has 0 saturated carbocycles. The number of hydrogen-bond donors (Lipinski definition) is 0. The molecule has 1 atom stereocenters. The first kappa shape index (κ1) is 19.1.